The van der Waals surface area contributed by atoms with E-state index in [4.69, 9.17) is 9.47 Å². The van der Waals surface area contributed by atoms with Gasteiger partial charge in [0.1, 0.15) is 25.0 Å². The highest BCUT2D eigenvalue weighted by atomic mass is 32.1. The summed E-state index contributed by atoms with van der Waals surface area (Å²) in [5.74, 6) is -1.09. The van der Waals surface area contributed by atoms with Crippen molar-refractivity contribution in [2.75, 3.05) is 18.1 Å². The number of fused-ring (bicyclic) bond motifs is 2. The van der Waals surface area contributed by atoms with Gasteiger partial charge in [-0.25, -0.2) is 4.98 Å². The summed E-state index contributed by atoms with van der Waals surface area (Å²) >= 11 is 2.39. The molecule has 1 unspecified atom stereocenters. The quantitative estimate of drug-likeness (QED) is 0.135. The van der Waals surface area contributed by atoms with Crippen molar-refractivity contribution in [3.05, 3.63) is 80.0 Å². The van der Waals surface area contributed by atoms with Crippen LogP contribution in [-0.2, 0) is 9.59 Å². The topological polar surface area (TPSA) is 132 Å². The van der Waals surface area contributed by atoms with Crippen molar-refractivity contribution in [3.63, 3.8) is 0 Å². The highest BCUT2D eigenvalue weighted by Gasteiger charge is 2.48. The van der Waals surface area contributed by atoms with Crippen LogP contribution in [0.1, 0.15) is 16.5 Å². The number of Topliss-reactive ketones (excluding diaryl/α,β-unsaturated/α-hetero) is 1. The van der Waals surface area contributed by atoms with Crippen molar-refractivity contribution in [2.24, 2.45) is 0 Å². The second-order valence-electron chi connectivity index (χ2n) is 7.95. The molecule has 1 amide bonds. The molecule has 1 saturated heterocycles. The number of benzene rings is 2. The van der Waals surface area contributed by atoms with Crippen LogP contribution < -0.4 is 14.4 Å². The highest BCUT2D eigenvalue weighted by Crippen LogP contribution is 2.46. The molecule has 180 valence electrons. The Morgan fingerprint density at radius 1 is 1.11 bits per heavy atom. The molecule has 1 N–H and O–H groups in total. The number of nitro benzene ring substituents is 1. The van der Waals surface area contributed by atoms with Gasteiger partial charge in [-0.2, -0.15) is 0 Å². The number of aromatic nitrogens is 1. The molecular weight excluding hydrogens is 506 g/mol. The number of nitro groups is 1. The number of nitrogens with zero attached hydrogens (tertiary/aromatic N) is 3. The Morgan fingerprint density at radius 2 is 1.92 bits per heavy atom. The SMILES string of the molecule is O=C1C(=O)N(c2nc3ccc([N+](=O)[O-])cc3s2)C(c2cccs2)/C1=C(\O)c1ccc2c(c1)OCCO2. The van der Waals surface area contributed by atoms with E-state index in [-0.39, 0.29) is 22.2 Å². The van der Waals surface area contributed by atoms with Crippen LogP contribution in [-0.4, -0.2) is 39.9 Å². The van der Waals surface area contributed by atoms with Crippen LogP contribution in [0, 0.1) is 10.1 Å². The van der Waals surface area contributed by atoms with Crippen LogP contribution in [0.4, 0.5) is 10.8 Å². The molecule has 10 nitrogen and oxygen atoms in total. The number of rotatable bonds is 4. The zero-order valence-corrected chi connectivity index (χ0v) is 19.9. The molecule has 2 aromatic carbocycles. The molecule has 0 aliphatic carbocycles. The van der Waals surface area contributed by atoms with Crippen LogP contribution in [0.15, 0.2) is 59.5 Å². The van der Waals surface area contributed by atoms with Gasteiger partial charge in [0.05, 0.1) is 20.7 Å². The molecule has 0 saturated carbocycles. The number of anilines is 1. The van der Waals surface area contributed by atoms with Gasteiger partial charge in [0, 0.05) is 22.6 Å². The Morgan fingerprint density at radius 3 is 2.67 bits per heavy atom. The van der Waals surface area contributed by atoms with Gasteiger partial charge < -0.3 is 14.6 Å². The average Bonchev–Trinajstić information content (AvgIpc) is 3.61. The Kier molecular flexibility index (Phi) is 5.20. The Balaban J connectivity index is 1.50. The van der Waals surface area contributed by atoms with E-state index in [0.29, 0.717) is 45.4 Å². The lowest BCUT2D eigenvalue weighted by atomic mass is 9.99. The number of aliphatic hydroxyl groups is 1. The summed E-state index contributed by atoms with van der Waals surface area (Å²) in [6.07, 6.45) is 0. The lowest BCUT2D eigenvalue weighted by Gasteiger charge is -2.22. The minimum absolute atomic E-state index is 0.0793. The van der Waals surface area contributed by atoms with Gasteiger partial charge in [0.15, 0.2) is 16.6 Å². The predicted octanol–water partition coefficient (Wildman–Crippen LogP) is 4.66. The number of carbonyl (C=O) groups is 2. The van der Waals surface area contributed by atoms with Gasteiger partial charge in [-0.05, 0) is 35.7 Å². The lowest BCUT2D eigenvalue weighted by Crippen LogP contribution is -2.28. The molecule has 2 aromatic heterocycles. The molecular formula is C24H15N3O7S2. The van der Waals surface area contributed by atoms with E-state index in [1.807, 2.05) is 0 Å². The van der Waals surface area contributed by atoms with Crippen LogP contribution >= 0.6 is 22.7 Å². The van der Waals surface area contributed by atoms with E-state index in [1.54, 1.807) is 35.7 Å². The van der Waals surface area contributed by atoms with Crippen molar-refractivity contribution in [1.82, 2.24) is 4.98 Å². The molecule has 4 aromatic rings. The van der Waals surface area contributed by atoms with Crippen molar-refractivity contribution in [3.8, 4) is 11.5 Å². The Hall–Kier alpha value is -4.29. The standard InChI is InChI=1S/C24H15N3O7S2/c28-21(12-3-6-15-16(10-12)34-8-7-33-15)19-20(17-2-1-9-35-17)26(23(30)22(19)29)24-25-14-5-4-13(27(31)32)11-18(14)36-24/h1-6,9-11,20,28H,7-8H2/b21-19+. The first-order valence-corrected chi connectivity index (χ1v) is 12.4. The summed E-state index contributed by atoms with van der Waals surface area (Å²) in [5.41, 5.74) is 0.579. The minimum Gasteiger partial charge on any atom is -0.507 e. The lowest BCUT2D eigenvalue weighted by molar-refractivity contribution is -0.384. The van der Waals surface area contributed by atoms with Crippen LogP contribution in [0.3, 0.4) is 0 Å². The molecule has 2 aliphatic heterocycles. The Labute approximate surface area is 210 Å². The largest absolute Gasteiger partial charge is 0.507 e. The van der Waals surface area contributed by atoms with E-state index in [1.165, 1.54) is 34.4 Å². The first-order valence-electron chi connectivity index (χ1n) is 10.7. The third kappa shape index (κ3) is 3.49. The summed E-state index contributed by atoms with van der Waals surface area (Å²) in [6, 6.07) is 11.6. The van der Waals surface area contributed by atoms with Crippen molar-refractivity contribution < 1.29 is 29.1 Å². The number of aliphatic hydroxyl groups excluding tert-OH is 1. The van der Waals surface area contributed by atoms with E-state index < -0.39 is 22.7 Å². The van der Waals surface area contributed by atoms with E-state index in [0.717, 1.165) is 11.3 Å². The molecule has 1 atom stereocenters. The number of hydrogen-bond donors (Lipinski definition) is 1. The van der Waals surface area contributed by atoms with Gasteiger partial charge in [-0.1, -0.05) is 17.4 Å². The second kappa shape index (κ2) is 8.43. The monoisotopic (exact) mass is 521 g/mol. The molecule has 0 bridgehead atoms. The van der Waals surface area contributed by atoms with Crippen LogP contribution in [0.2, 0.25) is 0 Å². The van der Waals surface area contributed by atoms with E-state index >= 15 is 0 Å². The van der Waals surface area contributed by atoms with Crippen LogP contribution in [0.5, 0.6) is 11.5 Å². The normalized spacial score (nSPS) is 18.7. The maximum Gasteiger partial charge on any atom is 0.301 e. The van der Waals surface area contributed by atoms with Crippen molar-refractivity contribution in [2.45, 2.75) is 6.04 Å². The van der Waals surface area contributed by atoms with Gasteiger partial charge >= 0.3 is 5.91 Å². The second-order valence-corrected chi connectivity index (χ2v) is 9.94. The highest BCUT2D eigenvalue weighted by molar-refractivity contribution is 7.22. The number of hydrogen-bond acceptors (Lipinski definition) is 10. The minimum atomic E-state index is -0.922. The smallest absolute Gasteiger partial charge is 0.301 e. The maximum atomic E-state index is 13.3. The number of ketones is 1. The third-order valence-corrected chi connectivity index (χ3v) is 7.79. The molecule has 2 aliphatic rings. The van der Waals surface area contributed by atoms with Crippen molar-refractivity contribution >= 4 is 61.2 Å². The molecule has 1 fully saturated rings. The summed E-state index contributed by atoms with van der Waals surface area (Å²) in [4.78, 5) is 43.6. The molecule has 6 rings (SSSR count). The Bertz CT molecular complexity index is 1590. The maximum absolute atomic E-state index is 13.3. The number of amides is 1. The van der Waals surface area contributed by atoms with Gasteiger partial charge in [0.2, 0.25) is 0 Å². The molecule has 36 heavy (non-hydrogen) atoms. The fourth-order valence-electron chi connectivity index (χ4n) is 4.21. The molecule has 12 heteroatoms. The summed E-state index contributed by atoms with van der Waals surface area (Å²) in [7, 11) is 0. The van der Waals surface area contributed by atoms with E-state index in [2.05, 4.69) is 4.98 Å². The fraction of sp³-hybridized carbons (Fsp3) is 0.125. The third-order valence-electron chi connectivity index (χ3n) is 5.85. The number of non-ortho nitro benzene ring substituents is 1. The van der Waals surface area contributed by atoms with E-state index in [9.17, 15) is 24.8 Å². The number of thiophene rings is 1. The molecule has 0 spiro atoms. The van der Waals surface area contributed by atoms with Gasteiger partial charge in [0.25, 0.3) is 11.5 Å². The number of ether oxygens (including phenoxy) is 2. The van der Waals surface area contributed by atoms with Gasteiger partial charge in [-0.15, -0.1) is 11.3 Å². The number of carbonyl (C=O) groups excluding carboxylic acids is 2. The fourth-order valence-corrected chi connectivity index (χ4v) is 6.06. The predicted molar refractivity (Wildman–Crippen MR) is 133 cm³/mol. The zero-order chi connectivity index (χ0) is 25.0. The van der Waals surface area contributed by atoms with Crippen LogP contribution in [0.25, 0.3) is 16.0 Å². The summed E-state index contributed by atoms with van der Waals surface area (Å²) in [6.45, 7) is 0.764. The first kappa shape index (κ1) is 22.2. The number of thiazole rings is 1. The van der Waals surface area contributed by atoms with Crippen molar-refractivity contribution in [1.29, 1.82) is 0 Å². The van der Waals surface area contributed by atoms with Gasteiger partial charge in [-0.3, -0.25) is 24.6 Å². The average molecular weight is 522 g/mol. The summed E-state index contributed by atoms with van der Waals surface area (Å²) < 4.78 is 11.6. The zero-order valence-electron chi connectivity index (χ0n) is 18.2. The summed E-state index contributed by atoms with van der Waals surface area (Å²) in [5, 5.41) is 24.5. The molecule has 0 radical (unpaired) electrons. The molecule has 4 heterocycles. The first-order chi connectivity index (χ1) is 17.4.